The minimum absolute atomic E-state index is 0.0505. The summed E-state index contributed by atoms with van der Waals surface area (Å²) in [7, 11) is 0. The molecule has 1 saturated carbocycles. The summed E-state index contributed by atoms with van der Waals surface area (Å²) in [5.41, 5.74) is 2.21. The van der Waals surface area contributed by atoms with Gasteiger partial charge in [0, 0.05) is 42.7 Å². The number of aliphatic hydroxyl groups is 1. The lowest BCUT2D eigenvalue weighted by molar-refractivity contribution is -0.153. The van der Waals surface area contributed by atoms with Crippen molar-refractivity contribution in [3.63, 3.8) is 0 Å². The molecular formula is C29H34FN3O4. The lowest BCUT2D eigenvalue weighted by Crippen LogP contribution is -2.63. The van der Waals surface area contributed by atoms with Gasteiger partial charge in [0.1, 0.15) is 11.3 Å². The Labute approximate surface area is 216 Å². The van der Waals surface area contributed by atoms with Gasteiger partial charge in [-0.25, -0.2) is 9.37 Å². The molecule has 1 aliphatic carbocycles. The summed E-state index contributed by atoms with van der Waals surface area (Å²) in [6, 6.07) is 9.80. The van der Waals surface area contributed by atoms with Crippen molar-refractivity contribution >= 4 is 22.9 Å². The van der Waals surface area contributed by atoms with Crippen molar-refractivity contribution in [2.45, 2.75) is 64.5 Å². The van der Waals surface area contributed by atoms with E-state index in [1.54, 1.807) is 30.0 Å². The fraction of sp³-hybridized carbons (Fsp3) is 0.483. The summed E-state index contributed by atoms with van der Waals surface area (Å²) in [5, 5.41) is 10.0. The van der Waals surface area contributed by atoms with Gasteiger partial charge in [-0.05, 0) is 69.9 Å². The number of hydrogen-bond acceptors (Lipinski definition) is 5. The van der Waals surface area contributed by atoms with Gasteiger partial charge >= 0.3 is 0 Å². The van der Waals surface area contributed by atoms with Crippen LogP contribution < -0.4 is 0 Å². The molecule has 3 aromatic rings. The van der Waals surface area contributed by atoms with Gasteiger partial charge in [-0.1, -0.05) is 13.8 Å². The van der Waals surface area contributed by atoms with Crippen LogP contribution in [0.25, 0.3) is 22.4 Å². The number of amides is 2. The van der Waals surface area contributed by atoms with Gasteiger partial charge in [-0.2, -0.15) is 0 Å². The average molecular weight is 508 g/mol. The number of halogens is 1. The Kier molecular flexibility index (Phi) is 6.14. The molecule has 1 aromatic carbocycles. The summed E-state index contributed by atoms with van der Waals surface area (Å²) in [6.45, 7) is 11.0. The molecular weight excluding hydrogens is 473 g/mol. The molecule has 8 heteroatoms. The third-order valence-electron chi connectivity index (χ3n) is 7.66. The zero-order valence-electron chi connectivity index (χ0n) is 22.0. The lowest BCUT2D eigenvalue weighted by atomic mass is 9.71. The Bertz CT molecular complexity index is 1350. The monoisotopic (exact) mass is 507 g/mol. The third kappa shape index (κ3) is 4.75. The molecule has 0 bridgehead atoms. The van der Waals surface area contributed by atoms with E-state index in [2.05, 4.69) is 0 Å². The average Bonchev–Trinajstić information content (AvgIpc) is 3.25. The van der Waals surface area contributed by atoms with Crippen molar-refractivity contribution in [3.8, 4) is 11.3 Å². The number of hydrogen-bond donors (Lipinski definition) is 1. The molecule has 2 amide bonds. The molecule has 2 fully saturated rings. The van der Waals surface area contributed by atoms with Crippen LogP contribution >= 0.6 is 0 Å². The van der Waals surface area contributed by atoms with Crippen LogP contribution in [-0.4, -0.2) is 62.5 Å². The summed E-state index contributed by atoms with van der Waals surface area (Å²) in [5.74, 6) is -0.316. The van der Waals surface area contributed by atoms with E-state index in [4.69, 9.17) is 9.40 Å². The Hall–Kier alpha value is -3.26. The second-order valence-electron chi connectivity index (χ2n) is 11.7. The molecule has 196 valence electrons. The van der Waals surface area contributed by atoms with E-state index >= 15 is 0 Å². The topological polar surface area (TPSA) is 86.9 Å². The molecule has 2 aliphatic rings. The molecule has 1 N–H and O–H groups in total. The van der Waals surface area contributed by atoms with Gasteiger partial charge in [0.15, 0.2) is 11.3 Å². The third-order valence-corrected chi connectivity index (χ3v) is 7.66. The fourth-order valence-electron chi connectivity index (χ4n) is 5.64. The molecule has 0 unspecified atom stereocenters. The van der Waals surface area contributed by atoms with Crippen LogP contribution in [0, 0.1) is 11.7 Å². The van der Waals surface area contributed by atoms with E-state index in [1.165, 1.54) is 12.1 Å². The molecule has 1 aliphatic heterocycles. The van der Waals surface area contributed by atoms with E-state index in [0.717, 1.165) is 11.1 Å². The molecule has 5 rings (SSSR count). The number of benzene rings is 1. The van der Waals surface area contributed by atoms with Gasteiger partial charge in [0.25, 0.3) is 5.91 Å². The summed E-state index contributed by atoms with van der Waals surface area (Å²) >= 11 is 0. The molecule has 3 heterocycles. The maximum Gasteiger partial charge on any atom is 0.290 e. The predicted octanol–water partition coefficient (Wildman–Crippen LogP) is 4.98. The van der Waals surface area contributed by atoms with Crippen molar-refractivity contribution < 1.29 is 23.5 Å². The number of carbonyl (C=O) groups is 2. The van der Waals surface area contributed by atoms with E-state index in [0.29, 0.717) is 49.3 Å². The van der Waals surface area contributed by atoms with E-state index < -0.39 is 11.1 Å². The number of nitrogens with zero attached hydrogens (tertiary/aromatic N) is 3. The first kappa shape index (κ1) is 25.4. The predicted molar refractivity (Wildman–Crippen MR) is 139 cm³/mol. The van der Waals surface area contributed by atoms with Crippen LogP contribution in [0.3, 0.4) is 0 Å². The largest absolute Gasteiger partial charge is 0.449 e. The molecule has 0 radical (unpaired) electrons. The molecule has 1 saturated heterocycles. The van der Waals surface area contributed by atoms with Crippen LogP contribution in [0.2, 0.25) is 0 Å². The van der Waals surface area contributed by atoms with Crippen LogP contribution in [-0.2, 0) is 4.79 Å². The Morgan fingerprint density at radius 1 is 1.11 bits per heavy atom. The van der Waals surface area contributed by atoms with Crippen LogP contribution in [0.5, 0.6) is 0 Å². The van der Waals surface area contributed by atoms with Crippen molar-refractivity contribution in [3.05, 3.63) is 53.5 Å². The second kappa shape index (κ2) is 8.94. The Balaban J connectivity index is 1.40. The second-order valence-corrected chi connectivity index (χ2v) is 11.7. The van der Waals surface area contributed by atoms with Crippen LogP contribution in [0.4, 0.5) is 4.39 Å². The van der Waals surface area contributed by atoms with Gasteiger partial charge in [-0.3, -0.25) is 9.59 Å². The number of fused-ring (bicyclic) bond motifs is 1. The van der Waals surface area contributed by atoms with Gasteiger partial charge in [0.05, 0.1) is 16.8 Å². The number of carbonyl (C=O) groups excluding carboxylic acids is 2. The van der Waals surface area contributed by atoms with Crippen LogP contribution in [0.15, 0.2) is 40.8 Å². The van der Waals surface area contributed by atoms with Gasteiger partial charge in [0.2, 0.25) is 5.91 Å². The maximum atomic E-state index is 13.6. The number of rotatable bonds is 4. The standard InChI is InChI=1S/C29H34FN3O4/c1-17(2)21-12-22(18-6-8-20(30)9-7-18)31-23-13-24(37-25(21)23)27(35)33-11-10-32(16-28(33,3)4)26(34)19-14-29(5,36)15-19/h6-9,12-13,17,19,36H,10-11,14-16H2,1-5H3. The van der Waals surface area contributed by atoms with Gasteiger partial charge in [-0.15, -0.1) is 0 Å². The highest BCUT2D eigenvalue weighted by Crippen LogP contribution is 2.39. The first-order valence-corrected chi connectivity index (χ1v) is 12.9. The fourth-order valence-corrected chi connectivity index (χ4v) is 5.64. The SMILES string of the molecule is CC(C)c1cc(-c2ccc(F)cc2)nc2cc(C(=O)N3CCN(C(=O)C4CC(C)(O)C4)CC3(C)C)oc12. The van der Waals surface area contributed by atoms with Crippen LogP contribution in [0.1, 0.15) is 69.5 Å². The minimum Gasteiger partial charge on any atom is -0.449 e. The number of piperazine rings is 1. The Morgan fingerprint density at radius 2 is 1.78 bits per heavy atom. The zero-order chi connectivity index (χ0) is 26.7. The first-order chi connectivity index (χ1) is 17.3. The minimum atomic E-state index is -0.756. The molecule has 2 aromatic heterocycles. The van der Waals surface area contributed by atoms with E-state index in [1.807, 2.05) is 38.7 Å². The molecule has 7 nitrogen and oxygen atoms in total. The summed E-state index contributed by atoms with van der Waals surface area (Å²) in [6.07, 6.45) is 0.963. The van der Waals surface area contributed by atoms with E-state index in [-0.39, 0.29) is 35.2 Å². The number of aromatic nitrogens is 1. The normalized spacial score (nSPS) is 23.4. The molecule has 0 atom stereocenters. The molecule has 37 heavy (non-hydrogen) atoms. The first-order valence-electron chi connectivity index (χ1n) is 12.9. The van der Waals surface area contributed by atoms with Crippen molar-refractivity contribution in [1.29, 1.82) is 0 Å². The number of furan rings is 1. The quantitative estimate of drug-likeness (QED) is 0.538. The molecule has 0 spiro atoms. The van der Waals surface area contributed by atoms with Crippen molar-refractivity contribution in [2.24, 2.45) is 5.92 Å². The highest BCUT2D eigenvalue weighted by molar-refractivity contribution is 5.97. The smallest absolute Gasteiger partial charge is 0.290 e. The van der Waals surface area contributed by atoms with E-state index in [9.17, 15) is 19.1 Å². The van der Waals surface area contributed by atoms with Gasteiger partial charge < -0.3 is 19.3 Å². The van der Waals surface area contributed by atoms with Crippen molar-refractivity contribution in [1.82, 2.24) is 14.8 Å². The highest BCUT2D eigenvalue weighted by Gasteiger charge is 2.47. The summed E-state index contributed by atoms with van der Waals surface area (Å²) in [4.78, 5) is 34.9. The maximum absolute atomic E-state index is 13.6. The Morgan fingerprint density at radius 3 is 2.38 bits per heavy atom. The lowest BCUT2D eigenvalue weighted by Gasteiger charge is -2.49. The number of pyridine rings is 1. The zero-order valence-corrected chi connectivity index (χ0v) is 22.0. The highest BCUT2D eigenvalue weighted by atomic mass is 19.1. The summed E-state index contributed by atoms with van der Waals surface area (Å²) < 4.78 is 19.6. The van der Waals surface area contributed by atoms with Crippen molar-refractivity contribution in [2.75, 3.05) is 19.6 Å².